The van der Waals surface area contributed by atoms with E-state index >= 15 is 0 Å². The summed E-state index contributed by atoms with van der Waals surface area (Å²) in [6, 6.07) is 10.7. The Labute approximate surface area is 201 Å². The molecule has 178 valence electrons. The van der Waals surface area contributed by atoms with Gasteiger partial charge in [-0.05, 0) is 57.3 Å². The van der Waals surface area contributed by atoms with Gasteiger partial charge in [-0.25, -0.2) is 0 Å². The highest BCUT2D eigenvalue weighted by molar-refractivity contribution is 7.10. The number of benzene rings is 1. The Morgan fingerprint density at radius 1 is 1.00 bits per heavy atom. The molecule has 1 amide bonds. The van der Waals surface area contributed by atoms with Gasteiger partial charge in [-0.1, -0.05) is 62.6 Å². The number of unbranched alkanes of at least 4 members (excludes halogenated alkanes) is 2. The van der Waals surface area contributed by atoms with Crippen LogP contribution in [0.3, 0.4) is 0 Å². The molecule has 1 atom stereocenters. The van der Waals surface area contributed by atoms with Gasteiger partial charge in [0, 0.05) is 17.0 Å². The maximum absolute atomic E-state index is 13.1. The molecule has 1 fully saturated rings. The summed E-state index contributed by atoms with van der Waals surface area (Å²) in [5.74, 6) is -1.21. The first-order valence-corrected chi connectivity index (χ1v) is 13.0. The second kappa shape index (κ2) is 12.1. The number of hydrogen-bond donors (Lipinski definition) is 1. The summed E-state index contributed by atoms with van der Waals surface area (Å²) in [7, 11) is 0. The molecule has 1 aromatic heterocycles. The van der Waals surface area contributed by atoms with Crippen LogP contribution in [-0.4, -0.2) is 52.8 Å². The minimum atomic E-state index is -0.597. The van der Waals surface area contributed by atoms with Crippen LogP contribution >= 0.6 is 11.3 Å². The Kier molecular flexibility index (Phi) is 9.27. The Morgan fingerprint density at radius 2 is 1.64 bits per heavy atom. The molecule has 2 heterocycles. The Balaban J connectivity index is 1.83. The third-order valence-electron chi connectivity index (χ3n) is 6.21. The van der Waals surface area contributed by atoms with Gasteiger partial charge in [-0.15, -0.1) is 11.3 Å². The van der Waals surface area contributed by atoms with Crippen LogP contribution in [0.5, 0.6) is 0 Å². The molecule has 0 unspecified atom stereocenters. The highest BCUT2D eigenvalue weighted by Crippen LogP contribution is 2.41. The van der Waals surface area contributed by atoms with Crippen molar-refractivity contribution in [2.24, 2.45) is 0 Å². The van der Waals surface area contributed by atoms with Gasteiger partial charge in [0.05, 0.1) is 11.6 Å². The van der Waals surface area contributed by atoms with E-state index in [-0.39, 0.29) is 11.3 Å². The van der Waals surface area contributed by atoms with Crippen molar-refractivity contribution in [3.05, 3.63) is 63.4 Å². The zero-order valence-corrected chi connectivity index (χ0v) is 20.9. The van der Waals surface area contributed by atoms with Gasteiger partial charge in [0.25, 0.3) is 11.7 Å². The van der Waals surface area contributed by atoms with Gasteiger partial charge in [-0.2, -0.15) is 0 Å². The molecular formula is C27H36N2O3S. The Hall–Kier alpha value is -2.44. The molecule has 1 saturated heterocycles. The van der Waals surface area contributed by atoms with Crippen LogP contribution < -0.4 is 0 Å². The number of aryl methyl sites for hydroxylation is 1. The lowest BCUT2D eigenvalue weighted by molar-refractivity contribution is -0.139. The van der Waals surface area contributed by atoms with Gasteiger partial charge in [0.2, 0.25) is 0 Å². The number of rotatable bonds is 12. The van der Waals surface area contributed by atoms with E-state index in [1.54, 1.807) is 17.0 Å². The number of nitrogens with zero attached hydrogens (tertiary/aromatic N) is 2. The molecule has 5 nitrogen and oxygen atoms in total. The van der Waals surface area contributed by atoms with Crippen molar-refractivity contribution in [3.63, 3.8) is 0 Å². The quantitative estimate of drug-likeness (QED) is 0.244. The molecule has 6 heteroatoms. The lowest BCUT2D eigenvalue weighted by atomic mass is 9.99. The van der Waals surface area contributed by atoms with E-state index in [2.05, 4.69) is 18.7 Å². The molecule has 1 aliphatic heterocycles. The third-order valence-corrected chi connectivity index (χ3v) is 7.13. The summed E-state index contributed by atoms with van der Waals surface area (Å²) in [6.45, 7) is 9.90. The standard InChI is InChI=1S/C27H36N2O3S/c1-4-6-15-28(16-7-5-2)17-9-18-29-24(22-10-8-19-33-22)23(26(31)27(29)32)25(30)21-13-11-20(3)12-14-21/h8,10-14,19,24,30H,4-7,9,15-18H2,1-3H3/t24-/m0/s1. The minimum Gasteiger partial charge on any atom is -0.507 e. The number of thiophene rings is 1. The molecule has 1 aromatic carbocycles. The average Bonchev–Trinajstić information content (AvgIpc) is 3.43. The molecule has 1 N–H and O–H groups in total. The molecule has 2 aromatic rings. The minimum absolute atomic E-state index is 0.0956. The van der Waals surface area contributed by atoms with Gasteiger partial charge >= 0.3 is 0 Å². The highest BCUT2D eigenvalue weighted by atomic mass is 32.1. The molecule has 33 heavy (non-hydrogen) atoms. The van der Waals surface area contributed by atoms with Gasteiger partial charge in [0.15, 0.2) is 0 Å². The van der Waals surface area contributed by atoms with E-state index in [9.17, 15) is 14.7 Å². The molecule has 0 spiro atoms. The van der Waals surface area contributed by atoms with Crippen LogP contribution in [0.15, 0.2) is 47.4 Å². The van der Waals surface area contributed by atoms with Crippen LogP contribution in [0.1, 0.15) is 68.0 Å². The molecule has 3 rings (SSSR count). The molecule has 0 bridgehead atoms. The summed E-state index contributed by atoms with van der Waals surface area (Å²) < 4.78 is 0. The molecule has 1 aliphatic rings. The van der Waals surface area contributed by atoms with Crippen LogP contribution in [0.4, 0.5) is 0 Å². The van der Waals surface area contributed by atoms with Crippen molar-refractivity contribution in [1.29, 1.82) is 0 Å². The van der Waals surface area contributed by atoms with Crippen molar-refractivity contribution in [2.75, 3.05) is 26.2 Å². The number of hydrogen-bond acceptors (Lipinski definition) is 5. The van der Waals surface area contributed by atoms with Gasteiger partial charge in [-0.3, -0.25) is 9.59 Å². The number of amides is 1. The predicted octanol–water partition coefficient (Wildman–Crippen LogP) is 5.77. The number of carbonyl (C=O) groups is 2. The van der Waals surface area contributed by atoms with Crippen LogP contribution in [0.2, 0.25) is 0 Å². The van der Waals surface area contributed by atoms with Gasteiger partial charge < -0.3 is 14.9 Å². The zero-order chi connectivity index (χ0) is 23.8. The van der Waals surface area contributed by atoms with Gasteiger partial charge in [0.1, 0.15) is 5.76 Å². The first-order valence-electron chi connectivity index (χ1n) is 12.1. The van der Waals surface area contributed by atoms with Crippen LogP contribution in [-0.2, 0) is 9.59 Å². The summed E-state index contributed by atoms with van der Waals surface area (Å²) in [6.07, 6.45) is 5.45. The predicted molar refractivity (Wildman–Crippen MR) is 135 cm³/mol. The summed E-state index contributed by atoms with van der Waals surface area (Å²) >= 11 is 1.51. The summed E-state index contributed by atoms with van der Waals surface area (Å²) in [4.78, 5) is 31.1. The number of aliphatic hydroxyl groups excluding tert-OH is 1. The van der Waals surface area contributed by atoms with Crippen LogP contribution in [0, 0.1) is 6.92 Å². The SMILES string of the molecule is CCCCN(CCCC)CCCN1C(=O)C(=O)C(=C(O)c2ccc(C)cc2)[C@@H]1c1cccs1. The highest BCUT2D eigenvalue weighted by Gasteiger charge is 2.46. The monoisotopic (exact) mass is 468 g/mol. The molecule has 0 radical (unpaired) electrons. The van der Waals surface area contributed by atoms with E-state index in [1.165, 1.54) is 24.2 Å². The average molecular weight is 469 g/mol. The van der Waals surface area contributed by atoms with E-state index in [0.29, 0.717) is 12.1 Å². The summed E-state index contributed by atoms with van der Waals surface area (Å²) in [5, 5.41) is 13.0. The maximum Gasteiger partial charge on any atom is 0.295 e. The first kappa shape index (κ1) is 25.2. The first-order chi connectivity index (χ1) is 16.0. The second-order valence-electron chi connectivity index (χ2n) is 8.78. The van der Waals surface area contributed by atoms with Crippen molar-refractivity contribution in [1.82, 2.24) is 9.80 Å². The number of carbonyl (C=O) groups excluding carboxylic acids is 2. The fourth-order valence-electron chi connectivity index (χ4n) is 4.28. The smallest absolute Gasteiger partial charge is 0.295 e. The fourth-order valence-corrected chi connectivity index (χ4v) is 5.13. The van der Waals surface area contributed by atoms with E-state index in [4.69, 9.17) is 0 Å². The van der Waals surface area contributed by atoms with Crippen molar-refractivity contribution in [2.45, 2.75) is 58.9 Å². The van der Waals surface area contributed by atoms with Crippen molar-refractivity contribution >= 4 is 28.8 Å². The van der Waals surface area contributed by atoms with Crippen molar-refractivity contribution in [3.8, 4) is 0 Å². The number of ketones is 1. The third kappa shape index (κ3) is 6.12. The molecule has 0 saturated carbocycles. The van der Waals surface area contributed by atoms with Crippen LogP contribution in [0.25, 0.3) is 5.76 Å². The molecular weight excluding hydrogens is 432 g/mol. The second-order valence-corrected chi connectivity index (χ2v) is 9.76. The van der Waals surface area contributed by atoms with E-state index < -0.39 is 17.7 Å². The number of likely N-dealkylation sites (tertiary alicyclic amines) is 1. The van der Waals surface area contributed by atoms with E-state index in [1.807, 2.05) is 36.6 Å². The molecule has 0 aliphatic carbocycles. The Bertz CT molecular complexity index is 942. The number of Topliss-reactive ketones (excluding diaryl/α,β-unsaturated/α-hetero) is 1. The van der Waals surface area contributed by atoms with E-state index in [0.717, 1.165) is 49.3 Å². The number of aliphatic hydroxyl groups is 1. The largest absolute Gasteiger partial charge is 0.507 e. The maximum atomic E-state index is 13.1. The lowest BCUT2D eigenvalue weighted by Gasteiger charge is -2.26. The topological polar surface area (TPSA) is 60.9 Å². The fraction of sp³-hybridized carbons (Fsp3) is 0.481. The normalized spacial score (nSPS) is 17.9. The lowest BCUT2D eigenvalue weighted by Crippen LogP contribution is -2.34. The van der Waals surface area contributed by atoms with Crippen molar-refractivity contribution < 1.29 is 14.7 Å². The Morgan fingerprint density at radius 3 is 2.21 bits per heavy atom. The summed E-state index contributed by atoms with van der Waals surface area (Å²) in [5.41, 5.74) is 1.82. The zero-order valence-electron chi connectivity index (χ0n) is 20.0.